The minimum absolute atomic E-state index is 0.142. The molecule has 0 bridgehead atoms. The van der Waals surface area contributed by atoms with Crippen molar-refractivity contribution in [1.82, 2.24) is 14.5 Å². The third-order valence-corrected chi connectivity index (χ3v) is 6.09. The van der Waals surface area contributed by atoms with E-state index >= 15 is 0 Å². The van der Waals surface area contributed by atoms with Crippen LogP contribution in [0.1, 0.15) is 50.5 Å². The Morgan fingerprint density at radius 2 is 1.32 bits per heavy atom. The zero-order chi connectivity index (χ0) is 21.6. The number of aromatic nitrogens is 2. The molecule has 0 saturated heterocycles. The molecule has 162 valence electrons. The summed E-state index contributed by atoms with van der Waals surface area (Å²) in [6.45, 7) is 0.168. The van der Waals surface area contributed by atoms with E-state index in [0.717, 1.165) is 31.2 Å². The third-order valence-electron chi connectivity index (χ3n) is 6.09. The Morgan fingerprint density at radius 3 is 2.00 bits per heavy atom. The maximum absolute atomic E-state index is 13.0. The molecule has 0 radical (unpaired) electrons. The van der Waals surface area contributed by atoms with Crippen molar-refractivity contribution in [1.29, 1.82) is 0 Å². The second-order valence-corrected chi connectivity index (χ2v) is 8.37. The number of carbonyl (C=O) groups is 1. The average molecular weight is 420 g/mol. The molecule has 3 aromatic rings. The molecule has 1 saturated carbocycles. The predicted molar refractivity (Wildman–Crippen MR) is 122 cm³/mol. The third kappa shape index (κ3) is 4.95. The molecule has 1 heterocycles. The highest BCUT2D eigenvalue weighted by Gasteiger charge is 2.18. The van der Waals surface area contributed by atoms with Crippen LogP contribution in [0, 0.1) is 0 Å². The summed E-state index contributed by atoms with van der Waals surface area (Å²) in [5.74, 6) is -0.210. The Labute approximate surface area is 181 Å². The van der Waals surface area contributed by atoms with Crippen LogP contribution in [0.3, 0.4) is 0 Å². The van der Waals surface area contributed by atoms with Crippen molar-refractivity contribution in [2.24, 2.45) is 0 Å². The van der Waals surface area contributed by atoms with E-state index in [2.05, 4.69) is 5.32 Å². The highest BCUT2D eigenvalue weighted by atomic mass is 16.2. The summed E-state index contributed by atoms with van der Waals surface area (Å²) in [4.78, 5) is 38.7. The first-order valence-electron chi connectivity index (χ1n) is 11.2. The SMILES string of the molecule is O=C(Cn1c(=O)c(=O)n(Cc2ccccc2)c2ccccc21)NC1CCCCCCC1. The number of carbonyl (C=O) groups excluding carboxylic acids is 1. The van der Waals surface area contributed by atoms with Crippen LogP contribution >= 0.6 is 0 Å². The zero-order valence-electron chi connectivity index (χ0n) is 17.8. The van der Waals surface area contributed by atoms with Gasteiger partial charge in [0.15, 0.2) is 0 Å². The Balaban J connectivity index is 1.63. The van der Waals surface area contributed by atoms with E-state index < -0.39 is 11.1 Å². The van der Waals surface area contributed by atoms with E-state index in [4.69, 9.17) is 0 Å². The summed E-state index contributed by atoms with van der Waals surface area (Å²) in [6.07, 6.45) is 7.85. The van der Waals surface area contributed by atoms with Gasteiger partial charge in [0.2, 0.25) is 5.91 Å². The fourth-order valence-electron chi connectivity index (χ4n) is 4.47. The summed E-state index contributed by atoms with van der Waals surface area (Å²) < 4.78 is 2.81. The molecule has 1 aliphatic rings. The molecule has 1 amide bonds. The number of para-hydroxylation sites is 2. The van der Waals surface area contributed by atoms with Gasteiger partial charge in [-0.2, -0.15) is 0 Å². The fraction of sp³-hybridized carbons (Fsp3) is 0.400. The molecule has 0 aliphatic heterocycles. The molecule has 1 aromatic heterocycles. The van der Waals surface area contributed by atoms with Gasteiger partial charge in [0, 0.05) is 6.04 Å². The van der Waals surface area contributed by atoms with Crippen molar-refractivity contribution >= 4 is 16.9 Å². The Morgan fingerprint density at radius 1 is 0.774 bits per heavy atom. The van der Waals surface area contributed by atoms with Crippen LogP contribution in [0.25, 0.3) is 11.0 Å². The van der Waals surface area contributed by atoms with Crippen molar-refractivity contribution < 1.29 is 4.79 Å². The minimum Gasteiger partial charge on any atom is -0.352 e. The predicted octanol–water partition coefficient (Wildman–Crippen LogP) is 3.44. The van der Waals surface area contributed by atoms with Gasteiger partial charge in [0.05, 0.1) is 17.6 Å². The van der Waals surface area contributed by atoms with E-state index in [-0.39, 0.29) is 18.5 Å². The van der Waals surface area contributed by atoms with Crippen LogP contribution in [0.2, 0.25) is 0 Å². The maximum Gasteiger partial charge on any atom is 0.317 e. The van der Waals surface area contributed by atoms with Gasteiger partial charge in [-0.05, 0) is 30.5 Å². The molecular formula is C25H29N3O3. The van der Waals surface area contributed by atoms with Gasteiger partial charge in [-0.25, -0.2) is 0 Å². The van der Waals surface area contributed by atoms with Crippen molar-refractivity contribution in [3.05, 3.63) is 80.9 Å². The van der Waals surface area contributed by atoms with Gasteiger partial charge in [0.25, 0.3) is 0 Å². The first kappa shape index (κ1) is 21.1. The lowest BCUT2D eigenvalue weighted by molar-refractivity contribution is -0.122. The maximum atomic E-state index is 13.0. The lowest BCUT2D eigenvalue weighted by Gasteiger charge is -2.21. The lowest BCUT2D eigenvalue weighted by Crippen LogP contribution is -2.45. The van der Waals surface area contributed by atoms with Gasteiger partial charge < -0.3 is 5.32 Å². The van der Waals surface area contributed by atoms with Crippen molar-refractivity contribution in [2.75, 3.05) is 0 Å². The van der Waals surface area contributed by atoms with Crippen LogP contribution < -0.4 is 16.4 Å². The van der Waals surface area contributed by atoms with Crippen LogP contribution in [0.5, 0.6) is 0 Å². The molecule has 4 rings (SSSR count). The lowest BCUT2D eigenvalue weighted by atomic mass is 9.97. The number of nitrogens with one attached hydrogen (secondary N) is 1. The van der Waals surface area contributed by atoms with E-state index in [0.29, 0.717) is 17.6 Å². The van der Waals surface area contributed by atoms with Crippen LogP contribution in [-0.4, -0.2) is 21.1 Å². The molecule has 31 heavy (non-hydrogen) atoms. The molecular weight excluding hydrogens is 390 g/mol. The van der Waals surface area contributed by atoms with E-state index in [9.17, 15) is 14.4 Å². The summed E-state index contributed by atoms with van der Waals surface area (Å²) in [5, 5.41) is 3.09. The van der Waals surface area contributed by atoms with Crippen LogP contribution in [0.4, 0.5) is 0 Å². The van der Waals surface area contributed by atoms with E-state index in [1.54, 1.807) is 6.07 Å². The highest BCUT2D eigenvalue weighted by Crippen LogP contribution is 2.17. The second kappa shape index (κ2) is 9.77. The summed E-state index contributed by atoms with van der Waals surface area (Å²) in [7, 11) is 0. The average Bonchev–Trinajstić information content (AvgIpc) is 2.77. The minimum atomic E-state index is -0.664. The molecule has 0 unspecified atom stereocenters. The number of benzene rings is 2. The first-order valence-corrected chi connectivity index (χ1v) is 11.2. The summed E-state index contributed by atoms with van der Waals surface area (Å²) in [6, 6.07) is 17.0. The van der Waals surface area contributed by atoms with Gasteiger partial charge in [-0.3, -0.25) is 23.5 Å². The molecule has 1 N–H and O–H groups in total. The van der Waals surface area contributed by atoms with E-state index in [1.165, 1.54) is 28.4 Å². The molecule has 6 nitrogen and oxygen atoms in total. The number of rotatable bonds is 5. The van der Waals surface area contributed by atoms with Gasteiger partial charge in [-0.1, -0.05) is 74.6 Å². The Kier molecular flexibility index (Phi) is 6.65. The van der Waals surface area contributed by atoms with Crippen molar-refractivity contribution in [2.45, 2.75) is 64.1 Å². The number of hydrogen-bond donors (Lipinski definition) is 1. The normalized spacial score (nSPS) is 15.4. The monoisotopic (exact) mass is 419 g/mol. The largest absolute Gasteiger partial charge is 0.352 e. The molecule has 1 aliphatic carbocycles. The van der Waals surface area contributed by atoms with E-state index in [1.807, 2.05) is 48.5 Å². The van der Waals surface area contributed by atoms with Crippen LogP contribution in [-0.2, 0) is 17.9 Å². The molecule has 1 fully saturated rings. The highest BCUT2D eigenvalue weighted by molar-refractivity contribution is 5.80. The first-order chi connectivity index (χ1) is 15.1. The molecule has 6 heteroatoms. The smallest absolute Gasteiger partial charge is 0.317 e. The number of amides is 1. The molecule has 0 atom stereocenters. The topological polar surface area (TPSA) is 73.1 Å². The second-order valence-electron chi connectivity index (χ2n) is 8.37. The van der Waals surface area contributed by atoms with Crippen molar-refractivity contribution in [3.8, 4) is 0 Å². The van der Waals surface area contributed by atoms with Crippen molar-refractivity contribution in [3.63, 3.8) is 0 Å². The summed E-state index contributed by atoms with van der Waals surface area (Å²) in [5.41, 5.74) is 0.906. The standard InChI is InChI=1S/C25H29N3O3/c29-23(26-20-13-7-2-1-3-8-14-20)18-28-22-16-10-9-15-21(22)27(24(30)25(28)31)17-19-11-5-4-6-12-19/h4-6,9-12,15-16,20H,1-3,7-8,13-14,17-18H2,(H,26,29). The fourth-order valence-corrected chi connectivity index (χ4v) is 4.47. The van der Waals surface area contributed by atoms with Crippen LogP contribution in [0.15, 0.2) is 64.2 Å². The quantitative estimate of drug-likeness (QED) is 0.644. The van der Waals surface area contributed by atoms with Gasteiger partial charge in [-0.15, -0.1) is 0 Å². The summed E-state index contributed by atoms with van der Waals surface area (Å²) >= 11 is 0. The number of fused-ring (bicyclic) bond motifs is 1. The van der Waals surface area contributed by atoms with Gasteiger partial charge >= 0.3 is 11.1 Å². The Hall–Kier alpha value is -3.15. The molecule has 2 aromatic carbocycles. The number of hydrogen-bond acceptors (Lipinski definition) is 3. The number of nitrogens with zero attached hydrogens (tertiary/aromatic N) is 2. The molecule has 0 spiro atoms. The zero-order valence-corrected chi connectivity index (χ0v) is 17.8. The Bertz CT molecular complexity index is 1160. The van der Waals surface area contributed by atoms with Gasteiger partial charge in [0.1, 0.15) is 6.54 Å².